The van der Waals surface area contributed by atoms with E-state index in [0.717, 1.165) is 19.6 Å². The second kappa shape index (κ2) is 5.93. The van der Waals surface area contributed by atoms with Gasteiger partial charge in [-0.3, -0.25) is 4.79 Å². The van der Waals surface area contributed by atoms with E-state index in [1.54, 1.807) is 26.4 Å². The van der Waals surface area contributed by atoms with Crippen molar-refractivity contribution in [3.63, 3.8) is 0 Å². The summed E-state index contributed by atoms with van der Waals surface area (Å²) in [6.45, 7) is 2.67. The van der Waals surface area contributed by atoms with Crippen molar-refractivity contribution in [2.45, 2.75) is 18.9 Å². The van der Waals surface area contributed by atoms with Crippen molar-refractivity contribution >= 4 is 5.91 Å². The molecule has 5 heteroatoms. The number of hydrogen-bond acceptors (Lipinski definition) is 4. The summed E-state index contributed by atoms with van der Waals surface area (Å²) >= 11 is 0. The van der Waals surface area contributed by atoms with E-state index in [9.17, 15) is 4.79 Å². The lowest BCUT2D eigenvalue weighted by atomic mass is 9.94. The SMILES string of the molecule is COc1cccc(C(=O)N2C[C@@H]3CCCN[C@@H]3C2)c1OC. The van der Waals surface area contributed by atoms with Crippen molar-refractivity contribution in [3.8, 4) is 11.5 Å². The molecule has 0 aromatic heterocycles. The number of nitrogens with one attached hydrogen (secondary N) is 1. The van der Waals surface area contributed by atoms with Gasteiger partial charge in [0.05, 0.1) is 19.8 Å². The standard InChI is InChI=1S/C16H22N2O3/c1-20-14-7-3-6-12(15(14)21-2)16(19)18-9-11-5-4-8-17-13(11)10-18/h3,6-7,11,13,17H,4-5,8-10H2,1-2H3/t11-,13+/m0/s1. The fraction of sp³-hybridized carbons (Fsp3) is 0.562. The maximum Gasteiger partial charge on any atom is 0.257 e. The number of hydrogen-bond donors (Lipinski definition) is 1. The zero-order valence-electron chi connectivity index (χ0n) is 12.6. The molecule has 0 spiro atoms. The van der Waals surface area contributed by atoms with Crippen molar-refractivity contribution in [2.24, 2.45) is 5.92 Å². The lowest BCUT2D eigenvalue weighted by Crippen LogP contribution is -2.41. The number of amides is 1. The first-order chi connectivity index (χ1) is 10.2. The Labute approximate surface area is 125 Å². The molecule has 2 saturated heterocycles. The number of piperidine rings is 1. The van der Waals surface area contributed by atoms with Gasteiger partial charge >= 0.3 is 0 Å². The highest BCUT2D eigenvalue weighted by atomic mass is 16.5. The summed E-state index contributed by atoms with van der Waals surface area (Å²) in [4.78, 5) is 14.7. The minimum Gasteiger partial charge on any atom is -0.493 e. The largest absolute Gasteiger partial charge is 0.493 e. The van der Waals surface area contributed by atoms with Gasteiger partial charge in [-0.1, -0.05) is 6.07 Å². The molecule has 114 valence electrons. The quantitative estimate of drug-likeness (QED) is 0.917. The van der Waals surface area contributed by atoms with Crippen LogP contribution in [0.1, 0.15) is 23.2 Å². The summed E-state index contributed by atoms with van der Waals surface area (Å²) in [5.41, 5.74) is 0.579. The number of para-hydroxylation sites is 1. The monoisotopic (exact) mass is 290 g/mol. The van der Waals surface area contributed by atoms with E-state index in [1.165, 1.54) is 12.8 Å². The van der Waals surface area contributed by atoms with Gasteiger partial charge in [0, 0.05) is 19.1 Å². The first-order valence-electron chi connectivity index (χ1n) is 7.48. The van der Waals surface area contributed by atoms with Crippen LogP contribution in [0.25, 0.3) is 0 Å². The molecule has 2 heterocycles. The number of benzene rings is 1. The summed E-state index contributed by atoms with van der Waals surface area (Å²) < 4.78 is 10.7. The van der Waals surface area contributed by atoms with Crippen LogP contribution in [0, 0.1) is 5.92 Å². The number of methoxy groups -OCH3 is 2. The second-order valence-electron chi connectivity index (χ2n) is 5.71. The predicted octanol–water partition coefficient (Wildman–Crippen LogP) is 1.53. The number of rotatable bonds is 3. The van der Waals surface area contributed by atoms with Crippen LogP contribution in [0.4, 0.5) is 0 Å². The minimum absolute atomic E-state index is 0.0296. The van der Waals surface area contributed by atoms with Gasteiger partial charge in [-0.15, -0.1) is 0 Å². The Hall–Kier alpha value is -1.75. The molecule has 1 aromatic carbocycles. The van der Waals surface area contributed by atoms with E-state index in [-0.39, 0.29) is 5.91 Å². The summed E-state index contributed by atoms with van der Waals surface area (Å²) in [5, 5.41) is 3.52. The van der Waals surface area contributed by atoms with Gasteiger partial charge in [-0.05, 0) is 37.4 Å². The predicted molar refractivity (Wildman–Crippen MR) is 80.0 cm³/mol. The van der Waals surface area contributed by atoms with Crippen molar-refractivity contribution in [2.75, 3.05) is 33.9 Å². The van der Waals surface area contributed by atoms with Crippen molar-refractivity contribution < 1.29 is 14.3 Å². The molecule has 0 bridgehead atoms. The van der Waals surface area contributed by atoms with Crippen LogP contribution in [0.2, 0.25) is 0 Å². The van der Waals surface area contributed by atoms with E-state index in [0.29, 0.717) is 29.0 Å². The highest BCUT2D eigenvalue weighted by Crippen LogP contribution is 2.33. The fourth-order valence-electron chi connectivity index (χ4n) is 3.44. The average molecular weight is 290 g/mol. The molecule has 0 radical (unpaired) electrons. The Kier molecular flexibility index (Phi) is 4.01. The third-order valence-electron chi connectivity index (χ3n) is 4.52. The van der Waals surface area contributed by atoms with E-state index in [1.807, 2.05) is 11.0 Å². The third-order valence-corrected chi connectivity index (χ3v) is 4.52. The summed E-state index contributed by atoms with van der Waals surface area (Å²) in [7, 11) is 3.15. The van der Waals surface area contributed by atoms with Crippen LogP contribution in [0.5, 0.6) is 11.5 Å². The Balaban J connectivity index is 1.82. The van der Waals surface area contributed by atoms with Crippen LogP contribution in [0.15, 0.2) is 18.2 Å². The molecule has 2 aliphatic heterocycles. The maximum absolute atomic E-state index is 12.8. The molecule has 3 rings (SSSR count). The molecule has 0 saturated carbocycles. The van der Waals surface area contributed by atoms with Crippen LogP contribution in [-0.2, 0) is 0 Å². The third kappa shape index (κ3) is 2.58. The molecule has 2 aliphatic rings. The molecule has 2 atom stereocenters. The highest BCUT2D eigenvalue weighted by molar-refractivity contribution is 5.98. The lowest BCUT2D eigenvalue weighted by Gasteiger charge is -2.24. The van der Waals surface area contributed by atoms with Crippen LogP contribution >= 0.6 is 0 Å². The topological polar surface area (TPSA) is 50.8 Å². The van der Waals surface area contributed by atoms with Gasteiger partial charge in [0.25, 0.3) is 5.91 Å². The molecule has 5 nitrogen and oxygen atoms in total. The molecule has 0 aliphatic carbocycles. The smallest absolute Gasteiger partial charge is 0.257 e. The molecular weight excluding hydrogens is 268 g/mol. The van der Waals surface area contributed by atoms with Gasteiger partial charge in [0.1, 0.15) is 0 Å². The number of nitrogens with zero attached hydrogens (tertiary/aromatic N) is 1. The van der Waals surface area contributed by atoms with E-state index >= 15 is 0 Å². The Morgan fingerprint density at radius 1 is 1.29 bits per heavy atom. The summed E-state index contributed by atoms with van der Waals surface area (Å²) in [6.07, 6.45) is 2.41. The fourth-order valence-corrected chi connectivity index (χ4v) is 3.44. The first-order valence-corrected chi connectivity index (χ1v) is 7.48. The van der Waals surface area contributed by atoms with E-state index in [4.69, 9.17) is 9.47 Å². The number of ether oxygens (including phenoxy) is 2. The Morgan fingerprint density at radius 3 is 2.86 bits per heavy atom. The first kappa shape index (κ1) is 14.2. The molecule has 1 aromatic rings. The van der Waals surface area contributed by atoms with Crippen molar-refractivity contribution in [3.05, 3.63) is 23.8 Å². The van der Waals surface area contributed by atoms with Gasteiger partial charge in [0.15, 0.2) is 11.5 Å². The number of fused-ring (bicyclic) bond motifs is 1. The molecule has 1 N–H and O–H groups in total. The minimum atomic E-state index is 0.0296. The lowest BCUT2D eigenvalue weighted by molar-refractivity contribution is 0.0781. The molecule has 2 fully saturated rings. The zero-order chi connectivity index (χ0) is 14.8. The van der Waals surface area contributed by atoms with E-state index in [2.05, 4.69) is 5.32 Å². The average Bonchev–Trinajstić information content (AvgIpc) is 2.97. The molecule has 1 amide bonds. The summed E-state index contributed by atoms with van der Waals surface area (Å²) in [6, 6.07) is 5.88. The normalized spacial score (nSPS) is 24.6. The van der Waals surface area contributed by atoms with Crippen molar-refractivity contribution in [1.29, 1.82) is 0 Å². The maximum atomic E-state index is 12.8. The van der Waals surface area contributed by atoms with Gasteiger partial charge in [0.2, 0.25) is 0 Å². The van der Waals surface area contributed by atoms with Crippen LogP contribution in [0.3, 0.4) is 0 Å². The van der Waals surface area contributed by atoms with Crippen molar-refractivity contribution in [1.82, 2.24) is 10.2 Å². The van der Waals surface area contributed by atoms with E-state index < -0.39 is 0 Å². The summed E-state index contributed by atoms with van der Waals surface area (Å²) in [5.74, 6) is 1.73. The molecule has 21 heavy (non-hydrogen) atoms. The Morgan fingerprint density at radius 2 is 2.14 bits per heavy atom. The van der Waals surface area contributed by atoms with Gasteiger partial charge < -0.3 is 19.7 Å². The number of carbonyl (C=O) groups excluding carboxylic acids is 1. The van der Waals surface area contributed by atoms with Gasteiger partial charge in [-0.2, -0.15) is 0 Å². The molecular formula is C16H22N2O3. The van der Waals surface area contributed by atoms with Crippen LogP contribution < -0.4 is 14.8 Å². The zero-order valence-corrected chi connectivity index (χ0v) is 12.6. The molecule has 0 unspecified atom stereocenters. The van der Waals surface area contributed by atoms with Crippen LogP contribution in [-0.4, -0.2) is 50.7 Å². The van der Waals surface area contributed by atoms with Gasteiger partial charge in [-0.25, -0.2) is 0 Å². The number of carbonyl (C=O) groups is 1. The number of likely N-dealkylation sites (tertiary alicyclic amines) is 1. The second-order valence-corrected chi connectivity index (χ2v) is 5.71. The highest BCUT2D eigenvalue weighted by Gasteiger charge is 2.37. The Bertz CT molecular complexity index is 518.